The minimum atomic E-state index is 0.114. The van der Waals surface area contributed by atoms with E-state index in [9.17, 15) is 4.79 Å². The molecule has 0 heterocycles. The van der Waals surface area contributed by atoms with Crippen LogP contribution in [-0.4, -0.2) is 5.78 Å². The highest BCUT2D eigenvalue weighted by Gasteiger charge is 2.01. The molecular weight excluding hydrogens is 150 g/mol. The minimum Gasteiger partial charge on any atom is -0.399 e. The van der Waals surface area contributed by atoms with Crippen molar-refractivity contribution in [3.8, 4) is 0 Å². The summed E-state index contributed by atoms with van der Waals surface area (Å²) in [5.74, 6) is 0.114. The van der Waals surface area contributed by atoms with E-state index in [1.807, 2.05) is 13.0 Å². The molecule has 12 heavy (non-hydrogen) atoms. The van der Waals surface area contributed by atoms with Crippen molar-refractivity contribution in [3.63, 3.8) is 0 Å². The summed E-state index contributed by atoms with van der Waals surface area (Å²) in [6, 6.07) is 0. The molecule has 0 saturated carbocycles. The van der Waals surface area contributed by atoms with Crippen LogP contribution in [0.25, 0.3) is 0 Å². The average molecular weight is 165 g/mol. The second kappa shape index (κ2) is 5.35. The lowest BCUT2D eigenvalue weighted by Gasteiger charge is -2.03. The number of hydrogen-bond donors (Lipinski definition) is 1. The molecule has 0 spiro atoms. The molecule has 2 heteroatoms. The van der Waals surface area contributed by atoms with E-state index in [1.54, 1.807) is 19.1 Å². The van der Waals surface area contributed by atoms with Crippen LogP contribution in [0, 0.1) is 0 Å². The molecule has 0 amide bonds. The summed E-state index contributed by atoms with van der Waals surface area (Å²) < 4.78 is 0. The van der Waals surface area contributed by atoms with Crippen LogP contribution >= 0.6 is 0 Å². The fraction of sp³-hybridized carbons (Fsp3) is 0.300. The second-order valence-corrected chi connectivity index (χ2v) is 2.55. The van der Waals surface area contributed by atoms with Crippen molar-refractivity contribution in [1.82, 2.24) is 0 Å². The molecule has 2 nitrogen and oxygen atoms in total. The van der Waals surface area contributed by atoms with Gasteiger partial charge in [0.25, 0.3) is 0 Å². The summed E-state index contributed by atoms with van der Waals surface area (Å²) in [6.45, 7) is 6.94. The molecule has 0 unspecified atom stereocenters. The average Bonchev–Trinajstić information content (AvgIpc) is 2.00. The first kappa shape index (κ1) is 10.7. The predicted molar refractivity (Wildman–Crippen MR) is 51.5 cm³/mol. The van der Waals surface area contributed by atoms with Gasteiger partial charge in [0.15, 0.2) is 0 Å². The lowest BCUT2D eigenvalue weighted by Crippen LogP contribution is -2.04. The lowest BCUT2D eigenvalue weighted by molar-refractivity contribution is -0.116. The Kier molecular flexibility index (Phi) is 4.77. The first-order chi connectivity index (χ1) is 5.61. The molecule has 0 radical (unpaired) electrons. The van der Waals surface area contributed by atoms with Crippen molar-refractivity contribution in [3.05, 3.63) is 36.1 Å². The summed E-state index contributed by atoms with van der Waals surface area (Å²) in [5.41, 5.74) is 7.13. The highest BCUT2D eigenvalue weighted by molar-refractivity contribution is 5.79. The summed E-state index contributed by atoms with van der Waals surface area (Å²) in [4.78, 5) is 10.8. The van der Waals surface area contributed by atoms with Crippen LogP contribution in [0.5, 0.6) is 0 Å². The smallest absolute Gasteiger partial charge is 0.134 e. The summed E-state index contributed by atoms with van der Waals surface area (Å²) >= 11 is 0. The highest BCUT2D eigenvalue weighted by atomic mass is 16.1. The van der Waals surface area contributed by atoms with E-state index >= 15 is 0 Å². The van der Waals surface area contributed by atoms with Crippen molar-refractivity contribution in [2.75, 3.05) is 0 Å². The maximum absolute atomic E-state index is 10.8. The highest BCUT2D eigenvalue weighted by Crippen LogP contribution is 2.09. The molecule has 0 aliphatic carbocycles. The topological polar surface area (TPSA) is 43.1 Å². The molecule has 0 atom stereocenters. The van der Waals surface area contributed by atoms with Crippen LogP contribution in [-0.2, 0) is 4.79 Å². The number of Topliss-reactive ketones (excluding diaryl/α,β-unsaturated/α-hetero) is 1. The van der Waals surface area contributed by atoms with E-state index in [0.717, 1.165) is 5.57 Å². The first-order valence-electron chi connectivity index (χ1n) is 3.85. The number of rotatable bonds is 4. The summed E-state index contributed by atoms with van der Waals surface area (Å²) in [6.07, 6.45) is 5.54. The number of carbonyl (C=O) groups is 1. The Labute approximate surface area is 73.5 Å². The van der Waals surface area contributed by atoms with Gasteiger partial charge in [0.1, 0.15) is 5.78 Å². The molecular formula is C10H15NO. The normalized spacial score (nSPS) is 12.8. The molecule has 0 aliphatic rings. The van der Waals surface area contributed by atoms with Gasteiger partial charge >= 0.3 is 0 Å². The minimum absolute atomic E-state index is 0.114. The molecule has 0 aliphatic heterocycles. The quantitative estimate of drug-likeness (QED) is 0.647. The van der Waals surface area contributed by atoms with Crippen LogP contribution in [0.2, 0.25) is 0 Å². The number of hydrogen-bond acceptors (Lipinski definition) is 2. The second-order valence-electron chi connectivity index (χ2n) is 2.55. The van der Waals surface area contributed by atoms with E-state index < -0.39 is 0 Å². The molecule has 0 aromatic carbocycles. The number of carbonyl (C=O) groups excluding carboxylic acids is 1. The summed E-state index contributed by atoms with van der Waals surface area (Å²) in [5, 5.41) is 0. The summed E-state index contributed by atoms with van der Waals surface area (Å²) in [7, 11) is 0. The maximum Gasteiger partial charge on any atom is 0.134 e. The van der Waals surface area contributed by atoms with Crippen molar-refractivity contribution < 1.29 is 4.79 Å². The van der Waals surface area contributed by atoms with Crippen LogP contribution in [0.1, 0.15) is 20.3 Å². The molecule has 0 fully saturated rings. The first-order valence-corrected chi connectivity index (χ1v) is 3.85. The molecule has 0 saturated heterocycles. The van der Waals surface area contributed by atoms with Gasteiger partial charge in [-0.1, -0.05) is 18.7 Å². The van der Waals surface area contributed by atoms with Gasteiger partial charge in [-0.25, -0.2) is 0 Å². The Hall–Kier alpha value is -1.31. The fourth-order valence-corrected chi connectivity index (χ4v) is 0.873. The lowest BCUT2D eigenvalue weighted by atomic mass is 10.1. The zero-order chi connectivity index (χ0) is 9.56. The Morgan fingerprint density at radius 2 is 2.17 bits per heavy atom. The Bertz CT molecular complexity index is 236. The van der Waals surface area contributed by atoms with Crippen molar-refractivity contribution in [1.29, 1.82) is 0 Å². The van der Waals surface area contributed by atoms with E-state index in [4.69, 9.17) is 5.73 Å². The molecule has 0 bridgehead atoms. The third-order valence-electron chi connectivity index (χ3n) is 1.46. The van der Waals surface area contributed by atoms with E-state index in [1.165, 1.54) is 0 Å². The Morgan fingerprint density at radius 1 is 1.58 bits per heavy atom. The molecule has 0 aromatic rings. The number of ketones is 1. The van der Waals surface area contributed by atoms with E-state index in [0.29, 0.717) is 12.1 Å². The molecule has 0 aromatic heterocycles. The monoisotopic (exact) mass is 165 g/mol. The van der Waals surface area contributed by atoms with Gasteiger partial charge in [-0.2, -0.15) is 0 Å². The van der Waals surface area contributed by atoms with Gasteiger partial charge in [0.05, 0.1) is 0 Å². The molecule has 2 N–H and O–H groups in total. The SMILES string of the molecule is C=C/C=C(N)\C(=C/C)CC(C)=O. The Balaban J connectivity index is 4.47. The standard InChI is InChI=1S/C10H15NO/c1-4-6-10(11)9(5-2)7-8(3)12/h4-6H,1,7,11H2,2-3H3/b9-5-,10-6+. The van der Waals surface area contributed by atoms with Gasteiger partial charge in [-0.15, -0.1) is 0 Å². The van der Waals surface area contributed by atoms with Gasteiger partial charge in [-0.3, -0.25) is 4.79 Å². The van der Waals surface area contributed by atoms with Crippen LogP contribution in [0.15, 0.2) is 36.1 Å². The number of allylic oxidation sites excluding steroid dienone is 4. The largest absolute Gasteiger partial charge is 0.399 e. The van der Waals surface area contributed by atoms with E-state index in [-0.39, 0.29) is 5.78 Å². The van der Waals surface area contributed by atoms with Gasteiger partial charge < -0.3 is 5.73 Å². The van der Waals surface area contributed by atoms with Crippen molar-refractivity contribution in [2.45, 2.75) is 20.3 Å². The van der Waals surface area contributed by atoms with Crippen molar-refractivity contribution in [2.24, 2.45) is 5.73 Å². The van der Waals surface area contributed by atoms with Crippen molar-refractivity contribution >= 4 is 5.78 Å². The zero-order valence-electron chi connectivity index (χ0n) is 7.63. The maximum atomic E-state index is 10.8. The Morgan fingerprint density at radius 3 is 2.50 bits per heavy atom. The van der Waals surface area contributed by atoms with Crippen LogP contribution in [0.4, 0.5) is 0 Å². The third kappa shape index (κ3) is 3.76. The molecule has 66 valence electrons. The van der Waals surface area contributed by atoms with Gasteiger partial charge in [0, 0.05) is 12.1 Å². The fourth-order valence-electron chi connectivity index (χ4n) is 0.873. The number of nitrogens with two attached hydrogens (primary N) is 1. The van der Waals surface area contributed by atoms with Gasteiger partial charge in [0.2, 0.25) is 0 Å². The predicted octanol–water partition coefficient (Wildman–Crippen LogP) is 1.94. The molecule has 0 rings (SSSR count). The van der Waals surface area contributed by atoms with E-state index in [2.05, 4.69) is 6.58 Å². The van der Waals surface area contributed by atoms with Crippen LogP contribution in [0.3, 0.4) is 0 Å². The zero-order valence-corrected chi connectivity index (χ0v) is 7.63. The van der Waals surface area contributed by atoms with Crippen LogP contribution < -0.4 is 5.73 Å². The third-order valence-corrected chi connectivity index (χ3v) is 1.46. The van der Waals surface area contributed by atoms with Gasteiger partial charge in [-0.05, 0) is 25.5 Å².